The normalized spacial score (nSPS) is 18.8. The van der Waals surface area contributed by atoms with Crippen molar-refractivity contribution in [2.45, 2.75) is 63.2 Å². The molecule has 0 bridgehead atoms. The molecule has 10 aromatic rings. The molecule has 0 aromatic heterocycles. The van der Waals surface area contributed by atoms with Crippen molar-refractivity contribution in [1.29, 1.82) is 0 Å². The molecule has 4 aliphatic carbocycles. The molecule has 0 amide bonds. The van der Waals surface area contributed by atoms with Crippen LogP contribution in [-0.2, 0) is 23.7 Å². The highest BCUT2D eigenvalue weighted by Gasteiger charge is 2.59. The third-order valence-corrected chi connectivity index (χ3v) is 17.4. The topological polar surface area (TPSA) is 6.48 Å². The van der Waals surface area contributed by atoms with Gasteiger partial charge in [-0.1, -0.05) is 203 Å². The standard InChI is InChI=1S/C70H58N2/c1-69(2)61-33-17-16-32-59(61)60-42-41-57(46-62(60)69)71(55-27-8-4-9-28-55)64-34-18-23-51-44-53-25-13-14-26-54-45-52-24-19-35-65(68(52)70(53,54)67(51)64)72(56-29-10-5-11-30-56)63-43-40-49-22-12-15-31-58(49)66(63)50-38-36-48(37-39-50)47-20-6-3-7-21-47/h3-12,15-24,27-43,46,53-54H,13-14,25-26,44-45H2,1-2H3. The van der Waals surface area contributed by atoms with E-state index in [0.29, 0.717) is 11.8 Å². The molecule has 2 nitrogen and oxygen atoms in total. The number of para-hydroxylation sites is 2. The number of hydrogen-bond acceptors (Lipinski definition) is 2. The molecule has 0 aliphatic heterocycles. The fraction of sp³-hybridized carbons (Fsp3) is 0.171. The predicted octanol–water partition coefficient (Wildman–Crippen LogP) is 18.6. The summed E-state index contributed by atoms with van der Waals surface area (Å²) in [5, 5.41) is 2.50. The van der Waals surface area contributed by atoms with Crippen molar-refractivity contribution in [3.63, 3.8) is 0 Å². The van der Waals surface area contributed by atoms with E-state index in [2.05, 4.69) is 254 Å². The van der Waals surface area contributed by atoms with Gasteiger partial charge in [-0.05, 0) is 164 Å². The Morgan fingerprint density at radius 2 is 0.931 bits per heavy atom. The lowest BCUT2D eigenvalue weighted by Crippen LogP contribution is -2.39. The van der Waals surface area contributed by atoms with Gasteiger partial charge in [0.1, 0.15) is 0 Å². The molecule has 10 aromatic carbocycles. The summed E-state index contributed by atoms with van der Waals surface area (Å²) < 4.78 is 0. The summed E-state index contributed by atoms with van der Waals surface area (Å²) in [6.07, 6.45) is 7.14. The third kappa shape index (κ3) is 6.47. The van der Waals surface area contributed by atoms with E-state index < -0.39 is 0 Å². The number of rotatable bonds is 8. The molecule has 4 aliphatic rings. The highest BCUT2D eigenvalue weighted by atomic mass is 15.2. The van der Waals surface area contributed by atoms with Crippen molar-refractivity contribution < 1.29 is 0 Å². The van der Waals surface area contributed by atoms with Gasteiger partial charge in [-0.15, -0.1) is 0 Å². The lowest BCUT2D eigenvalue weighted by Gasteiger charge is -2.43. The molecule has 2 heteroatoms. The number of fused-ring (bicyclic) bond motifs is 6. The van der Waals surface area contributed by atoms with Crippen LogP contribution in [0, 0.1) is 11.8 Å². The average Bonchev–Trinajstić information content (AvgIpc) is 3.98. The lowest BCUT2D eigenvalue weighted by atomic mass is 9.63. The van der Waals surface area contributed by atoms with Gasteiger partial charge in [-0.25, -0.2) is 0 Å². The minimum Gasteiger partial charge on any atom is -0.310 e. The van der Waals surface area contributed by atoms with Crippen LogP contribution in [0.2, 0.25) is 0 Å². The molecule has 348 valence electrons. The van der Waals surface area contributed by atoms with Crippen LogP contribution in [0.3, 0.4) is 0 Å². The van der Waals surface area contributed by atoms with Crippen molar-refractivity contribution in [1.82, 2.24) is 0 Å². The summed E-state index contributed by atoms with van der Waals surface area (Å²) in [5.74, 6) is 0.933. The fourth-order valence-corrected chi connectivity index (χ4v) is 14.4. The monoisotopic (exact) mass is 926 g/mol. The minimum atomic E-state index is -0.213. The minimum absolute atomic E-state index is 0.120. The van der Waals surface area contributed by atoms with Crippen LogP contribution in [0.25, 0.3) is 44.2 Å². The fourth-order valence-electron chi connectivity index (χ4n) is 14.4. The van der Waals surface area contributed by atoms with Gasteiger partial charge in [0.15, 0.2) is 0 Å². The highest BCUT2D eigenvalue weighted by Crippen LogP contribution is 2.67. The molecule has 72 heavy (non-hydrogen) atoms. The Morgan fingerprint density at radius 1 is 0.389 bits per heavy atom. The molecule has 0 heterocycles. The number of anilines is 6. The maximum atomic E-state index is 2.65. The first-order chi connectivity index (χ1) is 35.5. The summed E-state index contributed by atoms with van der Waals surface area (Å²) >= 11 is 0. The Hall–Kier alpha value is -7.94. The van der Waals surface area contributed by atoms with Gasteiger partial charge in [-0.2, -0.15) is 0 Å². The molecule has 1 spiro atoms. The van der Waals surface area contributed by atoms with Crippen LogP contribution in [-0.4, -0.2) is 0 Å². The maximum Gasteiger partial charge on any atom is 0.0546 e. The van der Waals surface area contributed by atoms with Gasteiger partial charge in [-0.3, -0.25) is 0 Å². The number of nitrogens with zero attached hydrogens (tertiary/aromatic N) is 2. The Kier molecular flexibility index (Phi) is 10.0. The summed E-state index contributed by atoms with van der Waals surface area (Å²) in [7, 11) is 0. The van der Waals surface area contributed by atoms with Crippen LogP contribution in [0.1, 0.15) is 72.9 Å². The summed E-state index contributed by atoms with van der Waals surface area (Å²) in [6, 6.07) is 87.2. The van der Waals surface area contributed by atoms with Gasteiger partial charge in [0.2, 0.25) is 0 Å². The van der Waals surface area contributed by atoms with Gasteiger partial charge < -0.3 is 9.80 Å². The largest absolute Gasteiger partial charge is 0.310 e. The SMILES string of the molecule is CC1(C)c2ccccc2-c2ccc(N(c3ccccc3)c3cccc4c3C35c6c(cccc6N(c6ccccc6)c6ccc7ccccc7c6-c6ccc(-c7ccccc7)cc6)CC3CCCCC5C4)cc21. The molecule has 0 N–H and O–H groups in total. The number of benzene rings is 10. The van der Waals surface area contributed by atoms with E-state index in [1.807, 2.05) is 0 Å². The Balaban J connectivity index is 1.01. The second-order valence-electron chi connectivity index (χ2n) is 21.4. The lowest BCUT2D eigenvalue weighted by molar-refractivity contribution is 0.258. The van der Waals surface area contributed by atoms with Crippen LogP contribution in [0.15, 0.2) is 231 Å². The van der Waals surface area contributed by atoms with E-state index in [4.69, 9.17) is 0 Å². The van der Waals surface area contributed by atoms with Crippen LogP contribution >= 0.6 is 0 Å². The van der Waals surface area contributed by atoms with Crippen molar-refractivity contribution in [2.24, 2.45) is 11.8 Å². The molecule has 0 radical (unpaired) electrons. The first-order valence-corrected chi connectivity index (χ1v) is 26.4. The van der Waals surface area contributed by atoms with Crippen molar-refractivity contribution in [3.05, 3.63) is 264 Å². The van der Waals surface area contributed by atoms with Crippen molar-refractivity contribution >= 4 is 44.9 Å². The van der Waals surface area contributed by atoms with Gasteiger partial charge in [0.05, 0.1) is 17.1 Å². The molecular formula is C70H58N2. The molecule has 3 atom stereocenters. The quantitative estimate of drug-likeness (QED) is 0.150. The molecule has 14 rings (SSSR count). The van der Waals surface area contributed by atoms with E-state index in [0.717, 1.165) is 12.8 Å². The van der Waals surface area contributed by atoms with Gasteiger partial charge in [0.25, 0.3) is 0 Å². The Morgan fingerprint density at radius 3 is 1.61 bits per heavy atom. The van der Waals surface area contributed by atoms with Crippen LogP contribution < -0.4 is 9.80 Å². The highest BCUT2D eigenvalue weighted by molar-refractivity contribution is 6.06. The van der Waals surface area contributed by atoms with E-state index in [9.17, 15) is 0 Å². The first kappa shape index (κ1) is 42.9. The Bertz CT molecular complexity index is 3680. The average molecular weight is 927 g/mol. The van der Waals surface area contributed by atoms with E-state index >= 15 is 0 Å². The number of hydrogen-bond donors (Lipinski definition) is 0. The van der Waals surface area contributed by atoms with Gasteiger partial charge in [0, 0.05) is 33.5 Å². The second kappa shape index (κ2) is 16.8. The smallest absolute Gasteiger partial charge is 0.0546 e. The molecular weight excluding hydrogens is 869 g/mol. The molecule has 0 saturated heterocycles. The van der Waals surface area contributed by atoms with Crippen molar-refractivity contribution in [2.75, 3.05) is 9.80 Å². The zero-order valence-electron chi connectivity index (χ0n) is 41.2. The zero-order valence-corrected chi connectivity index (χ0v) is 41.2. The first-order valence-electron chi connectivity index (χ1n) is 26.4. The van der Waals surface area contributed by atoms with E-state index in [1.54, 1.807) is 5.56 Å². The van der Waals surface area contributed by atoms with E-state index in [1.165, 1.54) is 132 Å². The zero-order chi connectivity index (χ0) is 48.0. The van der Waals surface area contributed by atoms with E-state index in [-0.39, 0.29) is 10.8 Å². The van der Waals surface area contributed by atoms with Gasteiger partial charge >= 0.3 is 0 Å². The summed E-state index contributed by atoms with van der Waals surface area (Å²) in [5.41, 5.74) is 23.6. The predicted molar refractivity (Wildman–Crippen MR) is 302 cm³/mol. The van der Waals surface area contributed by atoms with Crippen LogP contribution in [0.5, 0.6) is 0 Å². The second-order valence-corrected chi connectivity index (χ2v) is 21.4. The third-order valence-electron chi connectivity index (χ3n) is 17.4. The maximum absolute atomic E-state index is 2.65. The molecule has 1 fully saturated rings. The Labute approximate surface area is 424 Å². The summed E-state index contributed by atoms with van der Waals surface area (Å²) in [6.45, 7) is 4.81. The van der Waals surface area contributed by atoms with Crippen LogP contribution in [0.4, 0.5) is 34.1 Å². The molecule has 3 unspecified atom stereocenters. The van der Waals surface area contributed by atoms with Crippen molar-refractivity contribution in [3.8, 4) is 33.4 Å². The molecule has 1 saturated carbocycles. The summed E-state index contributed by atoms with van der Waals surface area (Å²) in [4.78, 5) is 5.29.